The predicted molar refractivity (Wildman–Crippen MR) is 124 cm³/mol. The molecule has 33 heavy (non-hydrogen) atoms. The van der Waals surface area contributed by atoms with Crippen LogP contribution in [0.25, 0.3) is 0 Å². The topological polar surface area (TPSA) is 108 Å². The zero-order valence-electron chi connectivity index (χ0n) is 19.7. The number of piperidine rings is 2. The van der Waals surface area contributed by atoms with Gasteiger partial charge in [-0.2, -0.15) is 17.0 Å². The van der Waals surface area contributed by atoms with Gasteiger partial charge in [0.1, 0.15) is 5.76 Å². The molecule has 4 fully saturated rings. The molecule has 1 aromatic heterocycles. The second-order valence-electron chi connectivity index (χ2n) is 10.7. The Morgan fingerprint density at radius 2 is 1.76 bits per heavy atom. The first-order chi connectivity index (χ1) is 15.8. The third-order valence-corrected chi connectivity index (χ3v) is 9.75. The summed E-state index contributed by atoms with van der Waals surface area (Å²) in [5.74, 6) is 1.58. The zero-order chi connectivity index (χ0) is 23.2. The third kappa shape index (κ3) is 4.99. The van der Waals surface area contributed by atoms with E-state index in [1.165, 1.54) is 0 Å². The van der Waals surface area contributed by atoms with Crippen molar-refractivity contribution < 1.29 is 17.7 Å². The molecule has 1 aromatic rings. The Bertz CT molecular complexity index is 938. The number of hydrogen-bond acceptors (Lipinski definition) is 6. The van der Waals surface area contributed by atoms with Gasteiger partial charge in [0.25, 0.3) is 16.1 Å². The molecule has 9 nitrogen and oxygen atoms in total. The maximum atomic E-state index is 13.5. The first-order valence-electron chi connectivity index (χ1n) is 12.6. The van der Waals surface area contributed by atoms with Crippen molar-refractivity contribution in [1.29, 1.82) is 0 Å². The van der Waals surface area contributed by atoms with E-state index in [0.29, 0.717) is 49.5 Å². The van der Waals surface area contributed by atoms with E-state index in [9.17, 15) is 13.2 Å². The van der Waals surface area contributed by atoms with Crippen molar-refractivity contribution in [3.63, 3.8) is 0 Å². The Hall–Kier alpha value is -1.49. The molecule has 1 aliphatic carbocycles. The van der Waals surface area contributed by atoms with Gasteiger partial charge in [-0.1, -0.05) is 19.0 Å². The quantitative estimate of drug-likeness (QED) is 0.592. The van der Waals surface area contributed by atoms with Gasteiger partial charge in [0.05, 0.1) is 0 Å². The van der Waals surface area contributed by atoms with Crippen molar-refractivity contribution in [1.82, 2.24) is 24.4 Å². The van der Waals surface area contributed by atoms with Gasteiger partial charge in [-0.25, -0.2) is 0 Å². The van der Waals surface area contributed by atoms with Gasteiger partial charge >= 0.3 is 0 Å². The van der Waals surface area contributed by atoms with Crippen LogP contribution in [0.15, 0.2) is 10.6 Å². The molecule has 1 amide bonds. The molecule has 2 N–H and O–H groups in total. The summed E-state index contributed by atoms with van der Waals surface area (Å²) >= 11 is 0. The van der Waals surface area contributed by atoms with Gasteiger partial charge in [-0.3, -0.25) is 4.79 Å². The third-order valence-electron chi connectivity index (χ3n) is 7.60. The molecule has 3 aliphatic heterocycles. The van der Waals surface area contributed by atoms with Crippen molar-refractivity contribution >= 4 is 16.1 Å². The highest BCUT2D eigenvalue weighted by atomic mass is 32.2. The molecule has 5 rings (SSSR count). The Labute approximate surface area is 196 Å². The average molecular weight is 480 g/mol. The number of nitrogens with zero attached hydrogens (tertiary/aromatic N) is 3. The monoisotopic (exact) mass is 479 g/mol. The van der Waals surface area contributed by atoms with E-state index in [2.05, 4.69) is 29.6 Å². The first kappa shape index (κ1) is 23.3. The number of nitrogens with one attached hydrogen (secondary N) is 2. The lowest BCUT2D eigenvalue weighted by atomic mass is 9.99. The van der Waals surface area contributed by atoms with Crippen LogP contribution in [0.2, 0.25) is 0 Å². The smallest absolute Gasteiger partial charge is 0.282 e. The van der Waals surface area contributed by atoms with Crippen LogP contribution in [0.1, 0.15) is 87.4 Å². The van der Waals surface area contributed by atoms with Crippen LogP contribution in [-0.2, 0) is 10.2 Å². The fourth-order valence-electron chi connectivity index (χ4n) is 5.67. The second kappa shape index (κ2) is 9.28. The number of amides is 1. The summed E-state index contributed by atoms with van der Waals surface area (Å²) in [5, 5.41) is 10.6. The van der Waals surface area contributed by atoms with Crippen LogP contribution >= 0.6 is 0 Å². The Kier molecular flexibility index (Phi) is 6.54. The van der Waals surface area contributed by atoms with Gasteiger partial charge in [0.2, 0.25) is 0 Å². The summed E-state index contributed by atoms with van der Waals surface area (Å²) in [6, 6.07) is 2.02. The van der Waals surface area contributed by atoms with Crippen molar-refractivity contribution in [2.45, 2.75) is 95.3 Å². The fourth-order valence-corrected chi connectivity index (χ4v) is 7.75. The van der Waals surface area contributed by atoms with Crippen LogP contribution in [0.3, 0.4) is 0 Å². The van der Waals surface area contributed by atoms with Crippen LogP contribution in [0, 0.1) is 5.92 Å². The summed E-state index contributed by atoms with van der Waals surface area (Å²) < 4.78 is 35.8. The van der Waals surface area contributed by atoms with Crippen LogP contribution < -0.4 is 10.6 Å². The number of rotatable bonds is 8. The predicted octanol–water partition coefficient (Wildman–Crippen LogP) is 2.23. The molecule has 3 saturated heterocycles. The molecular formula is C23H37N5O4S. The van der Waals surface area contributed by atoms with Crippen LogP contribution in [0.5, 0.6) is 0 Å². The van der Waals surface area contributed by atoms with Gasteiger partial charge in [-0.15, -0.1) is 0 Å². The highest BCUT2D eigenvalue weighted by Crippen LogP contribution is 2.41. The Morgan fingerprint density at radius 1 is 1.09 bits per heavy atom. The molecule has 0 spiro atoms. The lowest BCUT2D eigenvalue weighted by Gasteiger charge is -2.42. The number of carbonyl (C=O) groups is 1. The molecule has 3 atom stereocenters. The van der Waals surface area contributed by atoms with Gasteiger partial charge < -0.3 is 15.2 Å². The lowest BCUT2D eigenvalue weighted by molar-refractivity contribution is 0.0897. The standard InChI is InChI=1S/C23H37N5O4S/c1-15(2)14-24-17-7-9-27(10-8-17)33(30,31)28-19-5-6-20(28)12-18(11-19)25-23(29)21-13-22(32-26-21)16-3-4-16/h13,15-20,24H,3-12,14H2,1-2H3,(H,25,29)/t18-,19+,20-. The molecular weight excluding hydrogens is 442 g/mol. The highest BCUT2D eigenvalue weighted by molar-refractivity contribution is 7.86. The first-order valence-corrected chi connectivity index (χ1v) is 14.0. The van der Waals surface area contributed by atoms with E-state index >= 15 is 0 Å². The SMILES string of the molecule is CC(C)CNC1CCN(S(=O)(=O)N2[C@@H]3CC[C@H]2C[C@@H](NC(=O)c2cc(C4CC4)on2)C3)CC1. The summed E-state index contributed by atoms with van der Waals surface area (Å²) in [6.45, 7) is 6.49. The van der Waals surface area contributed by atoms with Crippen molar-refractivity contribution in [2.75, 3.05) is 19.6 Å². The van der Waals surface area contributed by atoms with Gasteiger partial charge in [0.15, 0.2) is 5.69 Å². The molecule has 1 saturated carbocycles. The lowest BCUT2D eigenvalue weighted by Crippen LogP contribution is -2.57. The van der Waals surface area contributed by atoms with E-state index in [1.54, 1.807) is 14.7 Å². The molecule has 0 unspecified atom stereocenters. The molecule has 0 aromatic carbocycles. The van der Waals surface area contributed by atoms with Crippen molar-refractivity contribution in [3.05, 3.63) is 17.5 Å². The van der Waals surface area contributed by atoms with Crippen molar-refractivity contribution in [2.24, 2.45) is 5.92 Å². The number of fused-ring (bicyclic) bond motifs is 2. The molecule has 0 radical (unpaired) electrons. The van der Waals surface area contributed by atoms with Gasteiger partial charge in [-0.05, 0) is 63.8 Å². The average Bonchev–Trinajstić information content (AvgIpc) is 3.44. The second-order valence-corrected chi connectivity index (χ2v) is 12.6. The largest absolute Gasteiger partial charge is 0.360 e. The van der Waals surface area contributed by atoms with E-state index in [1.807, 2.05) is 0 Å². The highest BCUT2D eigenvalue weighted by Gasteiger charge is 2.49. The van der Waals surface area contributed by atoms with E-state index in [4.69, 9.17) is 4.52 Å². The Balaban J connectivity index is 1.16. The fraction of sp³-hybridized carbons (Fsp3) is 0.826. The number of hydrogen-bond donors (Lipinski definition) is 2. The maximum Gasteiger partial charge on any atom is 0.282 e. The van der Waals surface area contributed by atoms with E-state index in [0.717, 1.165) is 50.8 Å². The minimum absolute atomic E-state index is 0.0338. The van der Waals surface area contributed by atoms with Crippen molar-refractivity contribution in [3.8, 4) is 0 Å². The molecule has 4 heterocycles. The van der Waals surface area contributed by atoms with Crippen LogP contribution in [0.4, 0.5) is 0 Å². The van der Waals surface area contributed by atoms with E-state index < -0.39 is 10.2 Å². The summed E-state index contributed by atoms with van der Waals surface area (Å²) in [6.07, 6.45) is 6.93. The van der Waals surface area contributed by atoms with Crippen LogP contribution in [-0.4, -0.2) is 71.9 Å². The van der Waals surface area contributed by atoms with E-state index in [-0.39, 0.29) is 24.0 Å². The number of aromatic nitrogens is 1. The number of carbonyl (C=O) groups excluding carboxylic acids is 1. The zero-order valence-corrected chi connectivity index (χ0v) is 20.5. The summed E-state index contributed by atoms with van der Waals surface area (Å²) in [7, 11) is -3.48. The molecule has 184 valence electrons. The normalized spacial score (nSPS) is 29.6. The Morgan fingerprint density at radius 3 is 2.36 bits per heavy atom. The molecule has 4 aliphatic rings. The minimum atomic E-state index is -3.48. The summed E-state index contributed by atoms with van der Waals surface area (Å²) in [5.41, 5.74) is 0.327. The minimum Gasteiger partial charge on any atom is -0.360 e. The molecule has 2 bridgehead atoms. The molecule has 10 heteroatoms. The maximum absolute atomic E-state index is 13.5. The van der Waals surface area contributed by atoms with Gasteiger partial charge in [0, 0.05) is 49.2 Å². The summed E-state index contributed by atoms with van der Waals surface area (Å²) in [4.78, 5) is 12.7.